The van der Waals surface area contributed by atoms with Gasteiger partial charge in [0.15, 0.2) is 11.7 Å². The first-order chi connectivity index (χ1) is 12.6. The monoisotopic (exact) mass is 355 g/mol. The molecule has 3 rings (SSSR count). The summed E-state index contributed by atoms with van der Waals surface area (Å²) in [5.41, 5.74) is 1.80. The number of benzene rings is 1. The van der Waals surface area contributed by atoms with Gasteiger partial charge >= 0.3 is 0 Å². The number of rotatable bonds is 5. The van der Waals surface area contributed by atoms with Gasteiger partial charge in [-0.05, 0) is 26.2 Å². The first-order valence-corrected chi connectivity index (χ1v) is 9.13. The molecule has 6 heteroatoms. The maximum atomic E-state index is 12.6. The van der Waals surface area contributed by atoms with Crippen LogP contribution in [-0.2, 0) is 16.0 Å². The molecule has 1 N–H and O–H groups in total. The molecule has 2 amide bonds. The van der Waals surface area contributed by atoms with E-state index < -0.39 is 0 Å². The van der Waals surface area contributed by atoms with Gasteiger partial charge in [-0.15, -0.1) is 0 Å². The van der Waals surface area contributed by atoms with Crippen molar-refractivity contribution in [1.29, 1.82) is 0 Å². The van der Waals surface area contributed by atoms with Crippen LogP contribution < -0.4 is 5.32 Å². The third kappa shape index (κ3) is 3.95. The van der Waals surface area contributed by atoms with Gasteiger partial charge in [-0.25, -0.2) is 4.98 Å². The molecule has 1 saturated heterocycles. The van der Waals surface area contributed by atoms with Crippen LogP contribution in [0.4, 0.5) is 0 Å². The Morgan fingerprint density at radius 2 is 2.04 bits per heavy atom. The van der Waals surface area contributed by atoms with Crippen molar-refractivity contribution in [3.05, 3.63) is 41.9 Å². The van der Waals surface area contributed by atoms with Crippen LogP contribution in [0.1, 0.15) is 37.3 Å². The van der Waals surface area contributed by atoms with E-state index >= 15 is 0 Å². The zero-order chi connectivity index (χ0) is 18.5. The molecular formula is C20H25N3O3. The SMILES string of the molecule is CNC(=O)C1CCCCN1C(=O)CCc1nc(C)c(-c2ccccc2)o1. The number of hydrogen-bond acceptors (Lipinski definition) is 4. The standard InChI is InChI=1S/C20H25N3O3/c1-14-19(15-8-4-3-5-9-15)26-17(22-14)11-12-18(24)23-13-7-6-10-16(23)20(25)21-2/h3-5,8-9,16H,6-7,10-13H2,1-2H3,(H,21,25). The van der Waals surface area contributed by atoms with E-state index in [0.29, 0.717) is 25.3 Å². The summed E-state index contributed by atoms with van der Waals surface area (Å²) >= 11 is 0. The first-order valence-electron chi connectivity index (χ1n) is 9.13. The number of likely N-dealkylation sites (tertiary alicyclic amines) is 1. The third-order valence-electron chi connectivity index (χ3n) is 4.80. The number of hydrogen-bond donors (Lipinski definition) is 1. The van der Waals surface area contributed by atoms with Gasteiger partial charge in [-0.2, -0.15) is 0 Å². The van der Waals surface area contributed by atoms with E-state index in [2.05, 4.69) is 10.3 Å². The predicted octanol–water partition coefficient (Wildman–Crippen LogP) is 2.71. The lowest BCUT2D eigenvalue weighted by Gasteiger charge is -2.34. The Kier molecular flexibility index (Phi) is 5.71. The molecule has 1 aromatic carbocycles. The Balaban J connectivity index is 1.65. The number of likely N-dealkylation sites (N-methyl/N-ethyl adjacent to an activating group) is 1. The Hall–Kier alpha value is -2.63. The lowest BCUT2D eigenvalue weighted by Crippen LogP contribution is -2.51. The van der Waals surface area contributed by atoms with Gasteiger partial charge in [0.05, 0.1) is 5.69 Å². The summed E-state index contributed by atoms with van der Waals surface area (Å²) in [6.45, 7) is 2.54. The summed E-state index contributed by atoms with van der Waals surface area (Å²) in [6.07, 6.45) is 3.36. The highest BCUT2D eigenvalue weighted by atomic mass is 16.4. The minimum absolute atomic E-state index is 0.0181. The van der Waals surface area contributed by atoms with Gasteiger partial charge in [0.1, 0.15) is 6.04 Å². The molecule has 1 aliphatic heterocycles. The highest BCUT2D eigenvalue weighted by Gasteiger charge is 2.31. The highest BCUT2D eigenvalue weighted by molar-refractivity contribution is 5.87. The molecular weight excluding hydrogens is 330 g/mol. The lowest BCUT2D eigenvalue weighted by molar-refractivity contribution is -0.142. The summed E-state index contributed by atoms with van der Waals surface area (Å²) in [5, 5.41) is 2.66. The van der Waals surface area contributed by atoms with E-state index in [0.717, 1.165) is 36.3 Å². The quantitative estimate of drug-likeness (QED) is 0.895. The van der Waals surface area contributed by atoms with Crippen molar-refractivity contribution in [3.8, 4) is 11.3 Å². The minimum atomic E-state index is -0.354. The Morgan fingerprint density at radius 3 is 2.77 bits per heavy atom. The second-order valence-corrected chi connectivity index (χ2v) is 6.60. The van der Waals surface area contributed by atoms with E-state index in [-0.39, 0.29) is 17.9 Å². The van der Waals surface area contributed by atoms with Crippen LogP contribution in [0.15, 0.2) is 34.7 Å². The fraction of sp³-hybridized carbons (Fsp3) is 0.450. The molecule has 1 aromatic heterocycles. The summed E-state index contributed by atoms with van der Waals surface area (Å²) < 4.78 is 5.87. The number of aromatic nitrogens is 1. The Bertz CT molecular complexity index is 770. The number of oxazole rings is 1. The van der Waals surface area contributed by atoms with Crippen molar-refractivity contribution in [2.24, 2.45) is 0 Å². The molecule has 1 unspecified atom stereocenters. The van der Waals surface area contributed by atoms with Crippen molar-refractivity contribution in [3.63, 3.8) is 0 Å². The van der Waals surface area contributed by atoms with Gasteiger partial charge in [-0.1, -0.05) is 30.3 Å². The molecule has 1 aliphatic rings. The lowest BCUT2D eigenvalue weighted by atomic mass is 10.0. The number of carbonyl (C=O) groups is 2. The van der Waals surface area contributed by atoms with Crippen molar-refractivity contribution in [2.45, 2.75) is 45.1 Å². The molecule has 2 aromatic rings. The Labute approximate surface area is 153 Å². The fourth-order valence-electron chi connectivity index (χ4n) is 3.44. The van der Waals surface area contributed by atoms with E-state index in [1.54, 1.807) is 11.9 Å². The van der Waals surface area contributed by atoms with Crippen molar-refractivity contribution in [2.75, 3.05) is 13.6 Å². The Morgan fingerprint density at radius 1 is 1.27 bits per heavy atom. The predicted molar refractivity (Wildman–Crippen MR) is 98.4 cm³/mol. The van der Waals surface area contributed by atoms with Crippen LogP contribution in [0.5, 0.6) is 0 Å². The molecule has 0 spiro atoms. The second-order valence-electron chi connectivity index (χ2n) is 6.60. The number of amides is 2. The average molecular weight is 355 g/mol. The van der Waals surface area contributed by atoms with E-state index in [9.17, 15) is 9.59 Å². The highest BCUT2D eigenvalue weighted by Crippen LogP contribution is 2.25. The molecule has 0 radical (unpaired) electrons. The third-order valence-corrected chi connectivity index (χ3v) is 4.80. The molecule has 0 bridgehead atoms. The molecule has 2 heterocycles. The first kappa shape index (κ1) is 18.2. The maximum absolute atomic E-state index is 12.6. The van der Waals surface area contributed by atoms with Crippen molar-refractivity contribution in [1.82, 2.24) is 15.2 Å². The molecule has 0 aliphatic carbocycles. The molecule has 26 heavy (non-hydrogen) atoms. The zero-order valence-corrected chi connectivity index (χ0v) is 15.3. The fourth-order valence-corrected chi connectivity index (χ4v) is 3.44. The molecule has 6 nitrogen and oxygen atoms in total. The number of nitrogens with one attached hydrogen (secondary N) is 1. The molecule has 0 saturated carbocycles. The number of aryl methyl sites for hydroxylation is 2. The van der Waals surface area contributed by atoms with Gasteiger partial charge in [-0.3, -0.25) is 9.59 Å². The number of carbonyl (C=O) groups excluding carboxylic acids is 2. The summed E-state index contributed by atoms with van der Waals surface area (Å²) in [6, 6.07) is 9.46. The van der Waals surface area contributed by atoms with Gasteiger partial charge in [0, 0.05) is 32.0 Å². The zero-order valence-electron chi connectivity index (χ0n) is 15.3. The molecule has 1 atom stereocenters. The van der Waals surface area contributed by atoms with Crippen LogP contribution in [0.25, 0.3) is 11.3 Å². The summed E-state index contributed by atoms with van der Waals surface area (Å²) in [5.74, 6) is 1.20. The van der Waals surface area contributed by atoms with Crippen molar-refractivity contribution < 1.29 is 14.0 Å². The largest absolute Gasteiger partial charge is 0.440 e. The van der Waals surface area contributed by atoms with Gasteiger partial charge in [0.2, 0.25) is 11.8 Å². The van der Waals surface area contributed by atoms with Gasteiger partial charge < -0.3 is 14.6 Å². The second kappa shape index (κ2) is 8.17. The van der Waals surface area contributed by atoms with Crippen LogP contribution >= 0.6 is 0 Å². The van der Waals surface area contributed by atoms with Crippen LogP contribution in [0.2, 0.25) is 0 Å². The van der Waals surface area contributed by atoms with Crippen LogP contribution in [0, 0.1) is 6.92 Å². The summed E-state index contributed by atoms with van der Waals surface area (Å²) in [4.78, 5) is 30.8. The van der Waals surface area contributed by atoms with Crippen LogP contribution in [0.3, 0.4) is 0 Å². The van der Waals surface area contributed by atoms with Crippen molar-refractivity contribution >= 4 is 11.8 Å². The topological polar surface area (TPSA) is 75.4 Å². The van der Waals surface area contributed by atoms with Crippen LogP contribution in [-0.4, -0.2) is 41.3 Å². The van der Waals surface area contributed by atoms with E-state index in [1.165, 1.54) is 0 Å². The van der Waals surface area contributed by atoms with E-state index in [1.807, 2.05) is 37.3 Å². The van der Waals surface area contributed by atoms with Gasteiger partial charge in [0.25, 0.3) is 0 Å². The minimum Gasteiger partial charge on any atom is -0.440 e. The summed E-state index contributed by atoms with van der Waals surface area (Å²) in [7, 11) is 1.61. The molecule has 138 valence electrons. The number of piperidine rings is 1. The number of nitrogens with zero attached hydrogens (tertiary/aromatic N) is 2. The van der Waals surface area contributed by atoms with E-state index in [4.69, 9.17) is 4.42 Å². The average Bonchev–Trinajstić information content (AvgIpc) is 3.06. The molecule has 1 fully saturated rings. The smallest absolute Gasteiger partial charge is 0.242 e. The normalized spacial score (nSPS) is 17.2. The maximum Gasteiger partial charge on any atom is 0.242 e.